The molecular formula is C9H10ClN5. The number of halogens is 1. The molecule has 2 aromatic rings. The maximum Gasteiger partial charge on any atom is 0.134 e. The largest absolute Gasteiger partial charge is 0.399 e. The Morgan fingerprint density at radius 3 is 2.87 bits per heavy atom. The molecule has 0 atom stereocenters. The van der Waals surface area contributed by atoms with Crippen LogP contribution in [0.3, 0.4) is 0 Å². The Balaban J connectivity index is 2.24. The van der Waals surface area contributed by atoms with Gasteiger partial charge in [0.05, 0.1) is 11.9 Å². The lowest BCUT2D eigenvalue weighted by Crippen LogP contribution is -1.95. The van der Waals surface area contributed by atoms with E-state index >= 15 is 0 Å². The first-order valence-corrected chi connectivity index (χ1v) is 4.70. The molecule has 5 nitrogen and oxygen atoms in total. The molecule has 15 heavy (non-hydrogen) atoms. The minimum atomic E-state index is 0.362. The molecule has 0 radical (unpaired) electrons. The van der Waals surface area contributed by atoms with Crippen LogP contribution in [0.2, 0.25) is 5.15 Å². The van der Waals surface area contributed by atoms with Crippen molar-refractivity contribution in [2.45, 2.75) is 0 Å². The van der Waals surface area contributed by atoms with Crippen LogP contribution in [0.1, 0.15) is 0 Å². The van der Waals surface area contributed by atoms with E-state index in [0.717, 1.165) is 5.69 Å². The molecule has 0 aromatic carbocycles. The zero-order chi connectivity index (χ0) is 10.8. The van der Waals surface area contributed by atoms with Crippen LogP contribution in [-0.4, -0.2) is 14.8 Å². The van der Waals surface area contributed by atoms with Crippen LogP contribution in [-0.2, 0) is 7.05 Å². The first-order chi connectivity index (χ1) is 7.13. The van der Waals surface area contributed by atoms with Crippen molar-refractivity contribution < 1.29 is 0 Å². The van der Waals surface area contributed by atoms with Crippen LogP contribution in [0.4, 0.5) is 17.2 Å². The topological polar surface area (TPSA) is 68.8 Å². The lowest BCUT2D eigenvalue weighted by atomic mass is 10.4. The van der Waals surface area contributed by atoms with E-state index < -0.39 is 0 Å². The summed E-state index contributed by atoms with van der Waals surface area (Å²) in [5, 5.41) is 7.43. The highest BCUT2D eigenvalue weighted by atomic mass is 35.5. The summed E-state index contributed by atoms with van der Waals surface area (Å²) in [5.41, 5.74) is 7.04. The van der Waals surface area contributed by atoms with E-state index in [9.17, 15) is 0 Å². The fourth-order valence-electron chi connectivity index (χ4n) is 1.21. The van der Waals surface area contributed by atoms with E-state index in [1.54, 1.807) is 23.0 Å². The summed E-state index contributed by atoms with van der Waals surface area (Å²) in [4.78, 5) is 4.08. The molecule has 2 aromatic heterocycles. The van der Waals surface area contributed by atoms with Gasteiger partial charge in [0.25, 0.3) is 0 Å². The number of nitrogens with one attached hydrogen (secondary N) is 1. The smallest absolute Gasteiger partial charge is 0.134 e. The number of aryl methyl sites for hydroxylation is 1. The van der Waals surface area contributed by atoms with Crippen molar-refractivity contribution in [2.75, 3.05) is 11.1 Å². The number of nitrogens with zero attached hydrogens (tertiary/aromatic N) is 3. The lowest BCUT2D eigenvalue weighted by Gasteiger charge is -2.03. The van der Waals surface area contributed by atoms with Gasteiger partial charge in [-0.2, -0.15) is 5.10 Å². The van der Waals surface area contributed by atoms with Crippen molar-refractivity contribution in [1.82, 2.24) is 14.8 Å². The highest BCUT2D eigenvalue weighted by molar-refractivity contribution is 6.29. The number of pyridine rings is 1. The molecule has 0 saturated carbocycles. The molecular weight excluding hydrogens is 214 g/mol. The zero-order valence-electron chi connectivity index (χ0n) is 8.11. The van der Waals surface area contributed by atoms with Gasteiger partial charge in [0.2, 0.25) is 0 Å². The Morgan fingerprint density at radius 2 is 2.27 bits per heavy atom. The number of aromatic nitrogens is 3. The van der Waals surface area contributed by atoms with Crippen molar-refractivity contribution >= 4 is 28.8 Å². The van der Waals surface area contributed by atoms with Crippen molar-refractivity contribution in [3.05, 3.63) is 29.7 Å². The average molecular weight is 224 g/mol. The Morgan fingerprint density at radius 1 is 1.47 bits per heavy atom. The molecule has 2 rings (SSSR count). The monoisotopic (exact) mass is 223 g/mol. The summed E-state index contributed by atoms with van der Waals surface area (Å²) in [6.45, 7) is 0. The third kappa shape index (κ3) is 2.38. The highest BCUT2D eigenvalue weighted by Gasteiger charge is 2.01. The van der Waals surface area contributed by atoms with Crippen LogP contribution in [0.15, 0.2) is 24.5 Å². The molecule has 2 heterocycles. The molecule has 0 saturated heterocycles. The molecule has 0 amide bonds. The SMILES string of the molecule is Cn1cc(Nc2cc(N)cc(Cl)n2)cn1. The maximum absolute atomic E-state index is 5.77. The van der Waals surface area contributed by atoms with Crippen LogP contribution in [0.25, 0.3) is 0 Å². The number of hydrogen-bond acceptors (Lipinski definition) is 4. The summed E-state index contributed by atoms with van der Waals surface area (Å²) in [6.07, 6.45) is 3.53. The molecule has 78 valence electrons. The fourth-order valence-corrected chi connectivity index (χ4v) is 1.43. The molecule has 0 aliphatic carbocycles. The Kier molecular flexibility index (Phi) is 2.47. The Hall–Kier alpha value is -1.75. The van der Waals surface area contributed by atoms with Crippen molar-refractivity contribution in [3.8, 4) is 0 Å². The predicted molar refractivity (Wildman–Crippen MR) is 60.2 cm³/mol. The highest BCUT2D eigenvalue weighted by Crippen LogP contribution is 2.19. The van der Waals surface area contributed by atoms with E-state index in [1.807, 2.05) is 13.2 Å². The number of rotatable bonds is 2. The first kappa shape index (κ1) is 9.79. The molecule has 0 aliphatic rings. The summed E-state index contributed by atoms with van der Waals surface area (Å²) >= 11 is 5.77. The third-order valence-corrected chi connectivity index (χ3v) is 1.99. The number of anilines is 3. The molecule has 0 unspecified atom stereocenters. The van der Waals surface area contributed by atoms with Gasteiger partial charge in [-0.25, -0.2) is 4.98 Å². The minimum absolute atomic E-state index is 0.362. The third-order valence-electron chi connectivity index (χ3n) is 1.79. The number of nitrogens with two attached hydrogens (primary N) is 1. The van der Waals surface area contributed by atoms with Crippen molar-refractivity contribution in [3.63, 3.8) is 0 Å². The fraction of sp³-hybridized carbons (Fsp3) is 0.111. The Labute approximate surface area is 91.9 Å². The van der Waals surface area contributed by atoms with Crippen molar-refractivity contribution in [1.29, 1.82) is 0 Å². The van der Waals surface area contributed by atoms with E-state index in [4.69, 9.17) is 17.3 Å². The zero-order valence-corrected chi connectivity index (χ0v) is 8.86. The summed E-state index contributed by atoms with van der Waals surface area (Å²) < 4.78 is 1.69. The van der Waals surface area contributed by atoms with Crippen LogP contribution < -0.4 is 11.1 Å². The Bertz CT molecular complexity index is 459. The maximum atomic E-state index is 5.77. The van der Waals surface area contributed by atoms with Gasteiger partial charge in [0.1, 0.15) is 11.0 Å². The van der Waals surface area contributed by atoms with E-state index in [2.05, 4.69) is 15.4 Å². The molecule has 0 fully saturated rings. The van der Waals surface area contributed by atoms with Gasteiger partial charge in [-0.15, -0.1) is 0 Å². The summed E-state index contributed by atoms with van der Waals surface area (Å²) in [7, 11) is 1.84. The quantitative estimate of drug-likeness (QED) is 0.762. The number of hydrogen-bond donors (Lipinski definition) is 2. The second-order valence-corrected chi connectivity index (χ2v) is 3.52. The van der Waals surface area contributed by atoms with Gasteiger partial charge in [-0.3, -0.25) is 4.68 Å². The van der Waals surface area contributed by atoms with Crippen LogP contribution in [0, 0.1) is 0 Å². The van der Waals surface area contributed by atoms with Crippen molar-refractivity contribution in [2.24, 2.45) is 7.05 Å². The lowest BCUT2D eigenvalue weighted by molar-refractivity contribution is 0.768. The molecule has 0 bridgehead atoms. The second kappa shape index (κ2) is 3.78. The van der Waals surface area contributed by atoms with Gasteiger partial charge in [-0.1, -0.05) is 11.6 Å². The second-order valence-electron chi connectivity index (χ2n) is 3.14. The van der Waals surface area contributed by atoms with Gasteiger partial charge in [0, 0.05) is 25.0 Å². The molecule has 0 aliphatic heterocycles. The van der Waals surface area contributed by atoms with E-state index in [-0.39, 0.29) is 0 Å². The average Bonchev–Trinajstić information content (AvgIpc) is 2.49. The summed E-state index contributed by atoms with van der Waals surface area (Å²) in [6, 6.07) is 3.30. The van der Waals surface area contributed by atoms with Crippen LogP contribution in [0.5, 0.6) is 0 Å². The molecule has 0 spiro atoms. The minimum Gasteiger partial charge on any atom is -0.399 e. The van der Waals surface area contributed by atoms with Gasteiger partial charge in [-0.05, 0) is 6.07 Å². The van der Waals surface area contributed by atoms with E-state index in [0.29, 0.717) is 16.7 Å². The normalized spacial score (nSPS) is 10.3. The van der Waals surface area contributed by atoms with Gasteiger partial charge in [0.15, 0.2) is 0 Å². The summed E-state index contributed by atoms with van der Waals surface area (Å²) in [5.74, 6) is 0.605. The van der Waals surface area contributed by atoms with Gasteiger partial charge < -0.3 is 11.1 Å². The van der Waals surface area contributed by atoms with E-state index in [1.165, 1.54) is 0 Å². The van der Waals surface area contributed by atoms with Crippen LogP contribution >= 0.6 is 11.6 Å². The molecule has 3 N–H and O–H groups in total. The predicted octanol–water partition coefficient (Wildman–Crippen LogP) is 1.79. The molecule has 6 heteroatoms. The first-order valence-electron chi connectivity index (χ1n) is 4.32. The number of nitrogen functional groups attached to an aromatic ring is 1. The standard InChI is InChI=1S/C9H10ClN5/c1-15-5-7(4-12-15)13-9-3-6(11)2-8(10)14-9/h2-5H,1H3,(H3,11,13,14). The van der Waals surface area contributed by atoms with Gasteiger partial charge >= 0.3 is 0 Å².